The lowest BCUT2D eigenvalue weighted by molar-refractivity contribution is -0.141. The maximum absolute atomic E-state index is 11.4. The third kappa shape index (κ3) is 4.46. The van der Waals surface area contributed by atoms with Crippen LogP contribution < -0.4 is 0 Å². The van der Waals surface area contributed by atoms with Crippen molar-refractivity contribution in [1.29, 1.82) is 0 Å². The van der Waals surface area contributed by atoms with Gasteiger partial charge in [0.25, 0.3) is 0 Å². The Bertz CT molecular complexity index is 572. The standard InChI is InChI=1S/C16H16BrNO2/c17-14-5-3-4-12(11-14)10-13(16(19)20)7-8-15-6-1-2-9-18-15/h1-6,9,11,13H,7-8,10H2,(H,19,20). The van der Waals surface area contributed by atoms with Crippen LogP contribution in [0.15, 0.2) is 53.1 Å². The molecule has 1 atom stereocenters. The number of carbonyl (C=O) groups is 1. The van der Waals surface area contributed by atoms with Gasteiger partial charge in [-0.15, -0.1) is 0 Å². The number of aromatic nitrogens is 1. The maximum atomic E-state index is 11.4. The van der Waals surface area contributed by atoms with E-state index in [4.69, 9.17) is 0 Å². The molecule has 2 aromatic rings. The van der Waals surface area contributed by atoms with Crippen LogP contribution in [-0.4, -0.2) is 16.1 Å². The minimum absolute atomic E-state index is 0.383. The summed E-state index contributed by atoms with van der Waals surface area (Å²) >= 11 is 3.41. The van der Waals surface area contributed by atoms with E-state index in [9.17, 15) is 9.90 Å². The smallest absolute Gasteiger partial charge is 0.306 e. The summed E-state index contributed by atoms with van der Waals surface area (Å²) in [6.45, 7) is 0. The maximum Gasteiger partial charge on any atom is 0.306 e. The molecule has 3 nitrogen and oxygen atoms in total. The normalized spacial score (nSPS) is 12.1. The van der Waals surface area contributed by atoms with Gasteiger partial charge in [0, 0.05) is 16.4 Å². The molecule has 20 heavy (non-hydrogen) atoms. The summed E-state index contributed by atoms with van der Waals surface area (Å²) < 4.78 is 0.976. The molecule has 1 heterocycles. The summed E-state index contributed by atoms with van der Waals surface area (Å²) in [6, 6.07) is 13.5. The predicted octanol–water partition coefficient (Wildman–Crippen LogP) is 3.72. The van der Waals surface area contributed by atoms with Crippen LogP contribution in [0.3, 0.4) is 0 Å². The van der Waals surface area contributed by atoms with Gasteiger partial charge in [-0.3, -0.25) is 9.78 Å². The molecule has 0 saturated heterocycles. The molecular formula is C16H16BrNO2. The Balaban J connectivity index is 1.99. The molecule has 0 bridgehead atoms. The van der Waals surface area contributed by atoms with Gasteiger partial charge >= 0.3 is 5.97 Å². The zero-order valence-corrected chi connectivity index (χ0v) is 12.6. The van der Waals surface area contributed by atoms with Crippen LogP contribution in [-0.2, 0) is 17.6 Å². The second kappa shape index (κ2) is 7.20. The highest BCUT2D eigenvalue weighted by Gasteiger charge is 2.18. The monoisotopic (exact) mass is 333 g/mol. The summed E-state index contributed by atoms with van der Waals surface area (Å²) in [4.78, 5) is 15.6. The van der Waals surface area contributed by atoms with E-state index in [1.165, 1.54) is 0 Å². The fourth-order valence-electron chi connectivity index (χ4n) is 2.13. The van der Waals surface area contributed by atoms with E-state index in [2.05, 4.69) is 20.9 Å². The number of halogens is 1. The lowest BCUT2D eigenvalue weighted by atomic mass is 9.94. The molecule has 0 spiro atoms. The van der Waals surface area contributed by atoms with Crippen molar-refractivity contribution in [2.24, 2.45) is 5.92 Å². The number of aryl methyl sites for hydroxylation is 1. The van der Waals surface area contributed by atoms with Gasteiger partial charge in [-0.05, 0) is 49.1 Å². The molecule has 0 aliphatic rings. The Labute approximate surface area is 126 Å². The predicted molar refractivity (Wildman–Crippen MR) is 81.5 cm³/mol. The van der Waals surface area contributed by atoms with E-state index < -0.39 is 5.97 Å². The van der Waals surface area contributed by atoms with Crippen LogP contribution in [0.5, 0.6) is 0 Å². The van der Waals surface area contributed by atoms with Crippen molar-refractivity contribution < 1.29 is 9.90 Å². The van der Waals surface area contributed by atoms with E-state index in [0.29, 0.717) is 19.3 Å². The van der Waals surface area contributed by atoms with E-state index >= 15 is 0 Å². The average molecular weight is 334 g/mol. The van der Waals surface area contributed by atoms with E-state index in [1.54, 1.807) is 6.20 Å². The topological polar surface area (TPSA) is 50.2 Å². The summed E-state index contributed by atoms with van der Waals surface area (Å²) in [5.41, 5.74) is 1.97. The second-order valence-electron chi connectivity index (χ2n) is 4.73. The Morgan fingerprint density at radius 2 is 2.10 bits per heavy atom. The van der Waals surface area contributed by atoms with E-state index in [1.807, 2.05) is 42.5 Å². The Kier molecular flexibility index (Phi) is 5.30. The number of rotatable bonds is 6. The van der Waals surface area contributed by atoms with Gasteiger partial charge < -0.3 is 5.11 Å². The third-order valence-corrected chi connectivity index (χ3v) is 3.69. The van der Waals surface area contributed by atoms with Crippen LogP contribution >= 0.6 is 15.9 Å². The number of aliphatic carboxylic acids is 1. The van der Waals surface area contributed by atoms with Crippen molar-refractivity contribution in [3.8, 4) is 0 Å². The molecule has 4 heteroatoms. The SMILES string of the molecule is O=C(O)C(CCc1ccccn1)Cc1cccc(Br)c1. The number of benzene rings is 1. The Morgan fingerprint density at radius 1 is 1.25 bits per heavy atom. The Morgan fingerprint density at radius 3 is 2.75 bits per heavy atom. The number of nitrogens with zero attached hydrogens (tertiary/aromatic N) is 1. The van der Waals surface area contributed by atoms with Crippen LogP contribution in [0.4, 0.5) is 0 Å². The van der Waals surface area contributed by atoms with Gasteiger partial charge in [-0.25, -0.2) is 0 Å². The van der Waals surface area contributed by atoms with Crippen molar-refractivity contribution in [2.45, 2.75) is 19.3 Å². The van der Waals surface area contributed by atoms with Gasteiger partial charge in [-0.2, -0.15) is 0 Å². The molecule has 0 aliphatic carbocycles. The number of hydrogen-bond donors (Lipinski definition) is 1. The number of pyridine rings is 1. The molecular weight excluding hydrogens is 318 g/mol. The lowest BCUT2D eigenvalue weighted by Crippen LogP contribution is -2.17. The van der Waals surface area contributed by atoms with Gasteiger partial charge in [0.15, 0.2) is 0 Å². The summed E-state index contributed by atoms with van der Waals surface area (Å²) in [5.74, 6) is -1.13. The second-order valence-corrected chi connectivity index (χ2v) is 5.64. The van der Waals surface area contributed by atoms with Gasteiger partial charge in [-0.1, -0.05) is 34.1 Å². The molecule has 1 aromatic heterocycles. The molecule has 1 aromatic carbocycles. The minimum Gasteiger partial charge on any atom is -0.481 e. The Hall–Kier alpha value is -1.68. The first-order valence-corrected chi connectivity index (χ1v) is 7.31. The molecule has 2 rings (SSSR count). The fraction of sp³-hybridized carbons (Fsp3) is 0.250. The van der Waals surface area contributed by atoms with Crippen LogP contribution in [0.2, 0.25) is 0 Å². The summed E-state index contributed by atoms with van der Waals surface area (Å²) in [6.07, 6.45) is 3.56. The van der Waals surface area contributed by atoms with Gasteiger partial charge in [0.1, 0.15) is 0 Å². The molecule has 1 N–H and O–H groups in total. The van der Waals surface area contributed by atoms with Crippen molar-refractivity contribution in [3.63, 3.8) is 0 Å². The highest BCUT2D eigenvalue weighted by Crippen LogP contribution is 2.18. The third-order valence-electron chi connectivity index (χ3n) is 3.20. The molecule has 0 fully saturated rings. The van der Waals surface area contributed by atoms with Crippen molar-refractivity contribution in [1.82, 2.24) is 4.98 Å². The van der Waals surface area contributed by atoms with Crippen molar-refractivity contribution >= 4 is 21.9 Å². The zero-order valence-electron chi connectivity index (χ0n) is 11.0. The highest BCUT2D eigenvalue weighted by atomic mass is 79.9. The molecule has 0 saturated carbocycles. The summed E-state index contributed by atoms with van der Waals surface area (Å²) in [5, 5.41) is 9.35. The first-order valence-electron chi connectivity index (χ1n) is 6.52. The number of carboxylic acid groups (broad SMARTS) is 1. The first kappa shape index (κ1) is 14.7. The van der Waals surface area contributed by atoms with Crippen molar-refractivity contribution in [2.75, 3.05) is 0 Å². The molecule has 0 amide bonds. The van der Waals surface area contributed by atoms with Gasteiger partial charge in [0.05, 0.1) is 5.92 Å². The van der Waals surface area contributed by atoms with E-state index in [-0.39, 0.29) is 5.92 Å². The largest absolute Gasteiger partial charge is 0.481 e. The highest BCUT2D eigenvalue weighted by molar-refractivity contribution is 9.10. The fourth-order valence-corrected chi connectivity index (χ4v) is 2.58. The number of carboxylic acids is 1. The molecule has 104 valence electrons. The molecule has 0 radical (unpaired) electrons. The zero-order chi connectivity index (χ0) is 14.4. The lowest BCUT2D eigenvalue weighted by Gasteiger charge is -2.12. The average Bonchev–Trinajstić information content (AvgIpc) is 2.44. The van der Waals surface area contributed by atoms with Crippen LogP contribution in [0.1, 0.15) is 17.7 Å². The van der Waals surface area contributed by atoms with E-state index in [0.717, 1.165) is 15.7 Å². The molecule has 0 aliphatic heterocycles. The van der Waals surface area contributed by atoms with Crippen LogP contribution in [0, 0.1) is 5.92 Å². The molecule has 1 unspecified atom stereocenters. The van der Waals surface area contributed by atoms with Gasteiger partial charge in [0.2, 0.25) is 0 Å². The first-order chi connectivity index (χ1) is 9.65. The van der Waals surface area contributed by atoms with Crippen LogP contribution in [0.25, 0.3) is 0 Å². The number of hydrogen-bond acceptors (Lipinski definition) is 2. The quantitative estimate of drug-likeness (QED) is 0.876. The summed E-state index contributed by atoms with van der Waals surface area (Å²) in [7, 11) is 0. The van der Waals surface area contributed by atoms with Crippen molar-refractivity contribution in [3.05, 3.63) is 64.4 Å². The minimum atomic E-state index is -0.749.